The molecule has 0 aliphatic carbocycles. The van der Waals surface area contributed by atoms with Crippen LogP contribution in [0.25, 0.3) is 0 Å². The quantitative estimate of drug-likeness (QED) is 0.615. The van der Waals surface area contributed by atoms with Gasteiger partial charge in [-0.05, 0) is 37.2 Å². The van der Waals surface area contributed by atoms with E-state index in [9.17, 15) is 0 Å². The molecular formula is C11H17N3OS. The van der Waals surface area contributed by atoms with E-state index in [2.05, 4.69) is 21.8 Å². The zero-order valence-electron chi connectivity index (χ0n) is 9.40. The number of rotatable bonds is 3. The Bertz CT molecular complexity index is 353. The van der Waals surface area contributed by atoms with Gasteiger partial charge in [0.25, 0.3) is 0 Å². The molecule has 1 aromatic carbocycles. The molecular weight excluding hydrogens is 222 g/mol. The van der Waals surface area contributed by atoms with Crippen LogP contribution in [0.15, 0.2) is 23.1 Å². The van der Waals surface area contributed by atoms with Gasteiger partial charge in [-0.3, -0.25) is 4.72 Å². The molecule has 0 radical (unpaired) electrons. The fraction of sp³-hybridized carbons (Fsp3) is 0.455. The summed E-state index contributed by atoms with van der Waals surface area (Å²) in [4.78, 5) is 3.41. The Morgan fingerprint density at radius 3 is 2.75 bits per heavy atom. The van der Waals surface area contributed by atoms with Crippen LogP contribution < -0.4 is 15.4 Å². The number of hydrogen-bond donors (Lipinski definition) is 2. The van der Waals surface area contributed by atoms with Gasteiger partial charge < -0.3 is 15.4 Å². The molecule has 1 aliphatic heterocycles. The maximum atomic E-state index is 6.06. The normalized spacial score (nSPS) is 16.4. The van der Waals surface area contributed by atoms with Crippen molar-refractivity contribution in [3.05, 3.63) is 18.2 Å². The summed E-state index contributed by atoms with van der Waals surface area (Å²) in [6.07, 6.45) is 0. The summed E-state index contributed by atoms with van der Waals surface area (Å²) >= 11 is 1.57. The number of morpholine rings is 1. The van der Waals surface area contributed by atoms with Gasteiger partial charge in [-0.1, -0.05) is 0 Å². The summed E-state index contributed by atoms with van der Waals surface area (Å²) in [5.74, 6) is 0. The lowest BCUT2D eigenvalue weighted by atomic mass is 10.2. The average Bonchev–Trinajstić information content (AvgIpc) is 2.31. The molecule has 1 fully saturated rings. The van der Waals surface area contributed by atoms with Crippen molar-refractivity contribution >= 4 is 23.3 Å². The smallest absolute Gasteiger partial charge is 0.0642 e. The van der Waals surface area contributed by atoms with Crippen LogP contribution in [-0.4, -0.2) is 33.4 Å². The first-order chi connectivity index (χ1) is 7.81. The molecule has 0 saturated carbocycles. The van der Waals surface area contributed by atoms with Crippen LogP contribution in [0.5, 0.6) is 0 Å². The van der Waals surface area contributed by atoms with Gasteiger partial charge in [-0.2, -0.15) is 0 Å². The molecule has 3 N–H and O–H groups in total. The van der Waals surface area contributed by atoms with E-state index in [-0.39, 0.29) is 0 Å². The number of nitrogens with zero attached hydrogens (tertiary/aromatic N) is 1. The highest BCUT2D eigenvalue weighted by molar-refractivity contribution is 7.97. The number of ether oxygens (including phenoxy) is 1. The molecule has 4 nitrogen and oxygen atoms in total. The second-order valence-electron chi connectivity index (χ2n) is 3.63. The lowest BCUT2D eigenvalue weighted by Gasteiger charge is -2.29. The lowest BCUT2D eigenvalue weighted by molar-refractivity contribution is 0.123. The van der Waals surface area contributed by atoms with Crippen LogP contribution in [0, 0.1) is 0 Å². The van der Waals surface area contributed by atoms with Crippen molar-refractivity contribution in [3.8, 4) is 0 Å². The van der Waals surface area contributed by atoms with Gasteiger partial charge in [0.2, 0.25) is 0 Å². The Labute approximate surface area is 100 Å². The third kappa shape index (κ3) is 2.61. The molecule has 0 spiro atoms. The molecule has 0 bridgehead atoms. The second-order valence-corrected chi connectivity index (χ2v) is 4.71. The van der Waals surface area contributed by atoms with E-state index in [4.69, 9.17) is 10.5 Å². The molecule has 0 amide bonds. The largest absolute Gasteiger partial charge is 0.397 e. The second kappa shape index (κ2) is 5.43. The van der Waals surface area contributed by atoms with Gasteiger partial charge in [0.05, 0.1) is 24.6 Å². The zero-order valence-corrected chi connectivity index (χ0v) is 10.2. The van der Waals surface area contributed by atoms with Gasteiger partial charge in [-0.15, -0.1) is 0 Å². The third-order valence-electron chi connectivity index (χ3n) is 2.57. The minimum absolute atomic E-state index is 0.784. The number of nitrogens with one attached hydrogen (secondary N) is 1. The van der Waals surface area contributed by atoms with E-state index in [0.29, 0.717) is 0 Å². The zero-order chi connectivity index (χ0) is 11.4. The molecule has 1 heterocycles. The minimum Gasteiger partial charge on any atom is -0.397 e. The number of nitrogen functional groups attached to an aromatic ring is 1. The Kier molecular flexibility index (Phi) is 3.93. The highest BCUT2D eigenvalue weighted by Crippen LogP contribution is 2.28. The van der Waals surface area contributed by atoms with Crippen molar-refractivity contribution in [2.45, 2.75) is 4.90 Å². The van der Waals surface area contributed by atoms with Crippen molar-refractivity contribution in [1.82, 2.24) is 4.72 Å². The van der Waals surface area contributed by atoms with Crippen LogP contribution in [0.4, 0.5) is 11.4 Å². The van der Waals surface area contributed by atoms with Crippen molar-refractivity contribution in [2.24, 2.45) is 0 Å². The molecule has 1 saturated heterocycles. The Balaban J connectivity index is 2.14. The lowest BCUT2D eigenvalue weighted by Crippen LogP contribution is -2.36. The number of benzene rings is 1. The van der Waals surface area contributed by atoms with Gasteiger partial charge in [0.1, 0.15) is 0 Å². The van der Waals surface area contributed by atoms with E-state index >= 15 is 0 Å². The van der Waals surface area contributed by atoms with Crippen molar-refractivity contribution in [2.75, 3.05) is 44.0 Å². The molecule has 1 aromatic rings. The fourth-order valence-corrected chi connectivity index (χ4v) is 2.36. The molecule has 16 heavy (non-hydrogen) atoms. The molecule has 0 aromatic heterocycles. The Morgan fingerprint density at radius 1 is 1.38 bits per heavy atom. The summed E-state index contributed by atoms with van der Waals surface area (Å²) < 4.78 is 8.36. The number of anilines is 2. The topological polar surface area (TPSA) is 50.5 Å². The van der Waals surface area contributed by atoms with Gasteiger partial charge in [0, 0.05) is 18.0 Å². The molecule has 1 aliphatic rings. The Hall–Kier alpha value is -0.910. The molecule has 88 valence electrons. The first-order valence-electron chi connectivity index (χ1n) is 5.37. The highest BCUT2D eigenvalue weighted by Gasteiger charge is 2.13. The van der Waals surface area contributed by atoms with Crippen LogP contribution in [0.3, 0.4) is 0 Å². The first kappa shape index (κ1) is 11.6. The summed E-state index contributed by atoms with van der Waals surface area (Å²) in [5, 5.41) is 0. The van der Waals surface area contributed by atoms with Gasteiger partial charge >= 0.3 is 0 Å². The first-order valence-corrected chi connectivity index (χ1v) is 6.18. The summed E-state index contributed by atoms with van der Waals surface area (Å²) in [7, 11) is 1.90. The standard InChI is InChI=1S/C11H17N3OS/c1-13-16-9-2-3-11(10(12)8-9)14-4-6-15-7-5-14/h2-3,8,13H,4-7,12H2,1H3. The van der Waals surface area contributed by atoms with E-state index in [1.165, 1.54) is 0 Å². The molecule has 2 rings (SSSR count). The highest BCUT2D eigenvalue weighted by atomic mass is 32.2. The van der Waals surface area contributed by atoms with Crippen molar-refractivity contribution in [3.63, 3.8) is 0 Å². The van der Waals surface area contributed by atoms with Gasteiger partial charge in [0.15, 0.2) is 0 Å². The predicted octanol–water partition coefficient (Wildman–Crippen LogP) is 1.33. The van der Waals surface area contributed by atoms with Crippen LogP contribution in [0.1, 0.15) is 0 Å². The Morgan fingerprint density at radius 2 is 2.12 bits per heavy atom. The van der Waals surface area contributed by atoms with E-state index in [1.807, 2.05) is 13.1 Å². The van der Waals surface area contributed by atoms with Crippen LogP contribution in [0.2, 0.25) is 0 Å². The van der Waals surface area contributed by atoms with E-state index in [0.717, 1.165) is 42.6 Å². The third-order valence-corrected chi connectivity index (χ3v) is 3.26. The van der Waals surface area contributed by atoms with Crippen LogP contribution >= 0.6 is 11.9 Å². The van der Waals surface area contributed by atoms with Crippen LogP contribution in [-0.2, 0) is 4.74 Å². The maximum Gasteiger partial charge on any atom is 0.0642 e. The summed E-state index contributed by atoms with van der Waals surface area (Å²) in [5.41, 5.74) is 8.01. The molecule has 0 unspecified atom stereocenters. The predicted molar refractivity (Wildman–Crippen MR) is 68.8 cm³/mol. The van der Waals surface area contributed by atoms with E-state index < -0.39 is 0 Å². The monoisotopic (exact) mass is 239 g/mol. The van der Waals surface area contributed by atoms with Crippen molar-refractivity contribution < 1.29 is 4.74 Å². The average molecular weight is 239 g/mol. The molecule has 0 atom stereocenters. The van der Waals surface area contributed by atoms with Gasteiger partial charge in [-0.25, -0.2) is 0 Å². The summed E-state index contributed by atoms with van der Waals surface area (Å²) in [6, 6.07) is 6.18. The maximum absolute atomic E-state index is 6.06. The number of nitrogens with two attached hydrogens (primary N) is 1. The number of hydrogen-bond acceptors (Lipinski definition) is 5. The van der Waals surface area contributed by atoms with E-state index in [1.54, 1.807) is 11.9 Å². The SMILES string of the molecule is CNSc1ccc(N2CCOCC2)c(N)c1. The summed E-state index contributed by atoms with van der Waals surface area (Å²) in [6.45, 7) is 3.41. The molecule has 5 heteroatoms. The van der Waals surface area contributed by atoms with Crippen molar-refractivity contribution in [1.29, 1.82) is 0 Å². The minimum atomic E-state index is 0.784. The fourth-order valence-electron chi connectivity index (χ4n) is 1.81.